The number of halogens is 1. The summed E-state index contributed by atoms with van der Waals surface area (Å²) >= 11 is 0. The third-order valence-corrected chi connectivity index (χ3v) is 4.69. The highest BCUT2D eigenvalue weighted by molar-refractivity contribution is 5.79. The zero-order valence-electron chi connectivity index (χ0n) is 17.6. The van der Waals surface area contributed by atoms with Gasteiger partial charge in [0.1, 0.15) is 11.6 Å². The van der Waals surface area contributed by atoms with E-state index in [-0.39, 0.29) is 11.9 Å². The van der Waals surface area contributed by atoms with E-state index in [1.54, 1.807) is 0 Å². The van der Waals surface area contributed by atoms with E-state index in [1.807, 2.05) is 33.2 Å². The quantitative estimate of drug-likeness (QED) is 0.509. The molecular formula is C21H32FN5O. The molecule has 0 saturated carbocycles. The first-order valence-electron chi connectivity index (χ1n) is 9.90. The topological polar surface area (TPSA) is 65.7 Å². The molecule has 0 radical (unpaired) electrons. The van der Waals surface area contributed by atoms with E-state index >= 15 is 0 Å². The number of guanidine groups is 1. The molecule has 0 bridgehead atoms. The highest BCUT2D eigenvalue weighted by Crippen LogP contribution is 2.18. The Labute approximate surface area is 167 Å². The summed E-state index contributed by atoms with van der Waals surface area (Å²) in [6.45, 7) is 8.10. The fourth-order valence-electron chi connectivity index (χ4n) is 3.09. The fourth-order valence-corrected chi connectivity index (χ4v) is 3.09. The van der Waals surface area contributed by atoms with E-state index in [2.05, 4.69) is 34.5 Å². The Morgan fingerprint density at radius 1 is 1.14 bits per heavy atom. The number of benzene rings is 1. The average Bonchev–Trinajstić information content (AvgIpc) is 3.09. The van der Waals surface area contributed by atoms with Gasteiger partial charge >= 0.3 is 0 Å². The van der Waals surface area contributed by atoms with E-state index in [4.69, 9.17) is 9.52 Å². The van der Waals surface area contributed by atoms with Crippen molar-refractivity contribution in [2.24, 2.45) is 4.99 Å². The number of rotatable bonds is 9. The van der Waals surface area contributed by atoms with Crippen LogP contribution >= 0.6 is 0 Å². The van der Waals surface area contributed by atoms with Gasteiger partial charge in [0.05, 0.1) is 18.3 Å². The van der Waals surface area contributed by atoms with Gasteiger partial charge in [-0.15, -0.1) is 0 Å². The lowest BCUT2D eigenvalue weighted by atomic mass is 10.1. The van der Waals surface area contributed by atoms with Gasteiger partial charge in [0, 0.05) is 25.1 Å². The lowest BCUT2D eigenvalue weighted by Crippen LogP contribution is -2.41. The first-order valence-corrected chi connectivity index (χ1v) is 9.90. The molecule has 0 aliphatic heterocycles. The van der Waals surface area contributed by atoms with Crippen molar-refractivity contribution in [1.29, 1.82) is 0 Å². The Morgan fingerprint density at radius 3 is 2.43 bits per heavy atom. The maximum atomic E-state index is 13.3. The highest BCUT2D eigenvalue weighted by atomic mass is 19.1. The lowest BCUT2D eigenvalue weighted by Gasteiger charge is -2.26. The summed E-state index contributed by atoms with van der Waals surface area (Å²) in [5.74, 6) is 1.41. The van der Waals surface area contributed by atoms with Crippen LogP contribution in [-0.4, -0.2) is 43.2 Å². The predicted octanol–water partition coefficient (Wildman–Crippen LogP) is 3.30. The molecular weight excluding hydrogens is 357 g/mol. The summed E-state index contributed by atoms with van der Waals surface area (Å²) in [7, 11) is 4.02. The average molecular weight is 390 g/mol. The summed E-state index contributed by atoms with van der Waals surface area (Å²) in [6, 6.07) is 6.73. The molecule has 0 aliphatic rings. The second-order valence-corrected chi connectivity index (χ2v) is 6.85. The number of likely N-dealkylation sites (N-methyl/N-ethyl adjacent to an activating group) is 1. The summed E-state index contributed by atoms with van der Waals surface area (Å²) < 4.78 is 18.7. The molecule has 0 aliphatic carbocycles. The molecule has 28 heavy (non-hydrogen) atoms. The van der Waals surface area contributed by atoms with E-state index in [0.717, 1.165) is 47.9 Å². The van der Waals surface area contributed by atoms with Crippen molar-refractivity contribution in [2.45, 2.75) is 46.2 Å². The summed E-state index contributed by atoms with van der Waals surface area (Å²) in [6.07, 6.45) is 1.63. The van der Waals surface area contributed by atoms with Crippen LogP contribution in [0, 0.1) is 5.82 Å². The molecule has 1 unspecified atom stereocenters. The SMILES string of the molecule is CCNC(=NCc1c(CC)noc1CC)NCC(c1ccc(F)cc1)N(C)C. The number of aliphatic imine (C=N–C) groups is 1. The smallest absolute Gasteiger partial charge is 0.191 e. The van der Waals surface area contributed by atoms with Gasteiger partial charge in [-0.1, -0.05) is 31.1 Å². The van der Waals surface area contributed by atoms with Crippen LogP contribution in [0.2, 0.25) is 0 Å². The van der Waals surface area contributed by atoms with Crippen molar-refractivity contribution < 1.29 is 8.91 Å². The van der Waals surface area contributed by atoms with Crippen LogP contribution in [0.15, 0.2) is 33.8 Å². The molecule has 1 heterocycles. The number of aryl methyl sites for hydroxylation is 2. The van der Waals surface area contributed by atoms with Gasteiger partial charge in [-0.3, -0.25) is 0 Å². The van der Waals surface area contributed by atoms with Crippen LogP contribution in [0.25, 0.3) is 0 Å². The third kappa shape index (κ3) is 5.79. The van der Waals surface area contributed by atoms with Crippen LogP contribution in [0.4, 0.5) is 4.39 Å². The molecule has 0 fully saturated rings. The Kier molecular flexibility index (Phi) is 8.44. The summed E-state index contributed by atoms with van der Waals surface area (Å²) in [5.41, 5.74) is 3.09. The Hall–Kier alpha value is -2.41. The van der Waals surface area contributed by atoms with Crippen molar-refractivity contribution in [2.75, 3.05) is 27.2 Å². The molecule has 1 aromatic heterocycles. The minimum Gasteiger partial charge on any atom is -0.361 e. The summed E-state index contributed by atoms with van der Waals surface area (Å²) in [5, 5.41) is 10.8. The van der Waals surface area contributed by atoms with Crippen molar-refractivity contribution in [1.82, 2.24) is 20.7 Å². The van der Waals surface area contributed by atoms with Crippen LogP contribution in [0.3, 0.4) is 0 Å². The van der Waals surface area contributed by atoms with Gasteiger partial charge in [-0.25, -0.2) is 9.38 Å². The van der Waals surface area contributed by atoms with E-state index in [1.165, 1.54) is 12.1 Å². The maximum Gasteiger partial charge on any atom is 0.191 e. The normalized spacial score (nSPS) is 13.0. The standard InChI is InChI=1S/C21H32FN5O/c1-6-18-17(20(7-2)28-26-18)13-24-21(23-8-3)25-14-19(27(4)5)15-9-11-16(22)12-10-15/h9-12,19H,6-8,13-14H2,1-5H3,(H2,23,24,25). The molecule has 2 N–H and O–H groups in total. The maximum absolute atomic E-state index is 13.3. The zero-order valence-corrected chi connectivity index (χ0v) is 17.6. The van der Waals surface area contributed by atoms with Crippen LogP contribution in [-0.2, 0) is 19.4 Å². The van der Waals surface area contributed by atoms with Crippen LogP contribution in [0.1, 0.15) is 49.4 Å². The minimum absolute atomic E-state index is 0.0949. The minimum atomic E-state index is -0.226. The molecule has 0 spiro atoms. The van der Waals surface area contributed by atoms with Gasteiger partial charge in [0.15, 0.2) is 5.96 Å². The molecule has 6 nitrogen and oxygen atoms in total. The molecule has 154 valence electrons. The number of hydrogen-bond acceptors (Lipinski definition) is 4. The van der Waals surface area contributed by atoms with E-state index < -0.39 is 0 Å². The molecule has 7 heteroatoms. The molecule has 1 aromatic carbocycles. The highest BCUT2D eigenvalue weighted by Gasteiger charge is 2.16. The van der Waals surface area contributed by atoms with Crippen molar-refractivity contribution in [3.63, 3.8) is 0 Å². The number of hydrogen-bond donors (Lipinski definition) is 2. The van der Waals surface area contributed by atoms with E-state index in [9.17, 15) is 4.39 Å². The molecule has 1 atom stereocenters. The van der Waals surface area contributed by atoms with Crippen molar-refractivity contribution in [3.05, 3.63) is 52.7 Å². The van der Waals surface area contributed by atoms with Gasteiger partial charge in [0.2, 0.25) is 0 Å². The van der Waals surface area contributed by atoms with Gasteiger partial charge in [0.25, 0.3) is 0 Å². The monoisotopic (exact) mass is 389 g/mol. The van der Waals surface area contributed by atoms with Crippen molar-refractivity contribution in [3.8, 4) is 0 Å². The third-order valence-electron chi connectivity index (χ3n) is 4.69. The largest absolute Gasteiger partial charge is 0.361 e. The number of aromatic nitrogens is 1. The lowest BCUT2D eigenvalue weighted by molar-refractivity contribution is 0.298. The van der Waals surface area contributed by atoms with Crippen molar-refractivity contribution >= 4 is 5.96 Å². The summed E-state index contributed by atoms with van der Waals surface area (Å²) in [4.78, 5) is 6.83. The first kappa shape index (κ1) is 21.9. The second-order valence-electron chi connectivity index (χ2n) is 6.85. The number of nitrogens with one attached hydrogen (secondary N) is 2. The molecule has 2 rings (SSSR count). The van der Waals surface area contributed by atoms with Crippen LogP contribution < -0.4 is 10.6 Å². The Balaban J connectivity index is 2.11. The van der Waals surface area contributed by atoms with Gasteiger partial charge < -0.3 is 20.1 Å². The fraction of sp³-hybridized carbons (Fsp3) is 0.524. The second kappa shape index (κ2) is 10.8. The predicted molar refractivity (Wildman–Crippen MR) is 111 cm³/mol. The van der Waals surface area contributed by atoms with Crippen LogP contribution in [0.5, 0.6) is 0 Å². The molecule has 0 saturated heterocycles. The Bertz CT molecular complexity index is 733. The number of nitrogens with zero attached hydrogens (tertiary/aromatic N) is 3. The molecule has 0 amide bonds. The van der Waals surface area contributed by atoms with E-state index in [0.29, 0.717) is 13.1 Å². The first-order chi connectivity index (χ1) is 13.5. The molecule has 2 aromatic rings. The van der Waals surface area contributed by atoms with Gasteiger partial charge in [-0.2, -0.15) is 0 Å². The zero-order chi connectivity index (χ0) is 20.5. The van der Waals surface area contributed by atoms with Gasteiger partial charge in [-0.05, 0) is 45.1 Å². The Morgan fingerprint density at radius 2 is 1.86 bits per heavy atom.